The molecular formula is C8H8BrClO2. The molecule has 0 aliphatic heterocycles. The zero-order chi connectivity index (χ0) is 9.30. The fourth-order valence-electron chi connectivity index (χ4n) is 0.947. The minimum absolute atomic E-state index is 0.0418. The fourth-order valence-corrected chi connectivity index (χ4v) is 1.77. The number of rotatable bonds is 1. The lowest BCUT2D eigenvalue weighted by Crippen LogP contribution is -1.91. The van der Waals surface area contributed by atoms with Gasteiger partial charge in [-0.2, -0.15) is 0 Å². The molecular weight excluding hydrogens is 243 g/mol. The Morgan fingerprint density at radius 1 is 1.58 bits per heavy atom. The summed E-state index contributed by atoms with van der Waals surface area (Å²) in [7, 11) is 0. The summed E-state index contributed by atoms with van der Waals surface area (Å²) < 4.78 is 0.786. The molecule has 0 aliphatic rings. The minimum atomic E-state index is -0.211. The average Bonchev–Trinajstić information content (AvgIpc) is 2.02. The Bertz CT molecular complexity index is 286. The van der Waals surface area contributed by atoms with Gasteiger partial charge in [-0.15, -0.1) is 0 Å². The Morgan fingerprint density at radius 3 is 2.67 bits per heavy atom. The van der Waals surface area contributed by atoms with Gasteiger partial charge in [0.2, 0.25) is 0 Å². The summed E-state index contributed by atoms with van der Waals surface area (Å²) in [6, 6.07) is 1.60. The quantitative estimate of drug-likeness (QED) is 0.805. The second-order valence-electron chi connectivity index (χ2n) is 2.45. The van der Waals surface area contributed by atoms with Crippen LogP contribution >= 0.6 is 27.5 Å². The summed E-state index contributed by atoms with van der Waals surface area (Å²) in [6.07, 6.45) is 0. The molecule has 0 saturated heterocycles. The van der Waals surface area contributed by atoms with E-state index in [0.29, 0.717) is 5.56 Å². The van der Waals surface area contributed by atoms with Crippen LogP contribution < -0.4 is 0 Å². The molecule has 4 heteroatoms. The summed E-state index contributed by atoms with van der Waals surface area (Å²) in [4.78, 5) is 0. The van der Waals surface area contributed by atoms with Gasteiger partial charge in [0.1, 0.15) is 5.75 Å². The third kappa shape index (κ3) is 1.58. The first-order valence-corrected chi connectivity index (χ1v) is 4.52. The number of aliphatic hydroxyl groups excluding tert-OH is 1. The van der Waals surface area contributed by atoms with Gasteiger partial charge in [-0.3, -0.25) is 0 Å². The maximum atomic E-state index is 9.39. The van der Waals surface area contributed by atoms with Crippen LogP contribution in [0.1, 0.15) is 11.1 Å². The van der Waals surface area contributed by atoms with Gasteiger partial charge in [0, 0.05) is 10.0 Å². The highest BCUT2D eigenvalue weighted by atomic mass is 79.9. The molecule has 0 spiro atoms. The molecule has 0 aromatic heterocycles. The lowest BCUT2D eigenvalue weighted by Gasteiger charge is -2.08. The monoisotopic (exact) mass is 250 g/mol. The summed E-state index contributed by atoms with van der Waals surface area (Å²) >= 11 is 8.94. The fraction of sp³-hybridized carbons (Fsp3) is 0.250. The molecule has 12 heavy (non-hydrogen) atoms. The van der Waals surface area contributed by atoms with Crippen LogP contribution in [0, 0.1) is 6.92 Å². The van der Waals surface area contributed by atoms with Crippen LogP contribution in [-0.4, -0.2) is 10.2 Å². The highest BCUT2D eigenvalue weighted by Crippen LogP contribution is 2.34. The number of phenols is 1. The van der Waals surface area contributed by atoms with E-state index in [4.69, 9.17) is 16.7 Å². The van der Waals surface area contributed by atoms with Crippen molar-refractivity contribution in [3.05, 3.63) is 26.7 Å². The second-order valence-corrected chi connectivity index (χ2v) is 3.71. The first-order valence-electron chi connectivity index (χ1n) is 3.35. The van der Waals surface area contributed by atoms with E-state index in [1.54, 1.807) is 13.0 Å². The molecule has 66 valence electrons. The number of benzene rings is 1. The van der Waals surface area contributed by atoms with E-state index >= 15 is 0 Å². The summed E-state index contributed by atoms with van der Waals surface area (Å²) in [5.74, 6) is -0.0418. The van der Waals surface area contributed by atoms with Gasteiger partial charge in [0.15, 0.2) is 0 Å². The van der Waals surface area contributed by atoms with Crippen molar-refractivity contribution in [1.29, 1.82) is 0 Å². The van der Waals surface area contributed by atoms with Crippen molar-refractivity contribution >= 4 is 27.5 Å². The van der Waals surface area contributed by atoms with Gasteiger partial charge in [-0.25, -0.2) is 0 Å². The van der Waals surface area contributed by atoms with Crippen molar-refractivity contribution in [2.75, 3.05) is 0 Å². The molecule has 0 bridgehead atoms. The van der Waals surface area contributed by atoms with E-state index in [1.165, 1.54) is 0 Å². The van der Waals surface area contributed by atoms with Crippen LogP contribution in [0.15, 0.2) is 10.5 Å². The smallest absolute Gasteiger partial charge is 0.140 e. The van der Waals surface area contributed by atoms with E-state index in [2.05, 4.69) is 15.9 Å². The number of halogens is 2. The van der Waals surface area contributed by atoms with Crippen LogP contribution in [0.2, 0.25) is 5.02 Å². The molecule has 0 saturated carbocycles. The first kappa shape index (κ1) is 9.84. The molecule has 0 heterocycles. The van der Waals surface area contributed by atoms with E-state index in [1.807, 2.05) is 0 Å². The van der Waals surface area contributed by atoms with Crippen molar-refractivity contribution in [1.82, 2.24) is 0 Å². The normalized spacial score (nSPS) is 10.3. The topological polar surface area (TPSA) is 40.5 Å². The van der Waals surface area contributed by atoms with Gasteiger partial charge in [0.05, 0.1) is 11.6 Å². The number of hydrogen-bond acceptors (Lipinski definition) is 2. The summed E-state index contributed by atoms with van der Waals surface area (Å²) in [5.41, 5.74) is 1.27. The van der Waals surface area contributed by atoms with E-state index < -0.39 is 0 Å². The van der Waals surface area contributed by atoms with Gasteiger partial charge < -0.3 is 10.2 Å². The molecule has 2 nitrogen and oxygen atoms in total. The van der Waals surface area contributed by atoms with E-state index in [9.17, 15) is 5.11 Å². The van der Waals surface area contributed by atoms with Crippen molar-refractivity contribution in [3.63, 3.8) is 0 Å². The van der Waals surface area contributed by atoms with Crippen molar-refractivity contribution in [3.8, 4) is 5.75 Å². The number of aliphatic hydroxyl groups is 1. The maximum absolute atomic E-state index is 9.39. The average molecular weight is 252 g/mol. The highest BCUT2D eigenvalue weighted by molar-refractivity contribution is 9.10. The molecule has 1 aromatic carbocycles. The lowest BCUT2D eigenvalue weighted by molar-refractivity contribution is 0.274. The maximum Gasteiger partial charge on any atom is 0.140 e. The molecule has 1 rings (SSSR count). The number of aromatic hydroxyl groups is 1. The Balaban J connectivity index is 3.42. The predicted molar refractivity (Wildman–Crippen MR) is 51.5 cm³/mol. The third-order valence-electron chi connectivity index (χ3n) is 1.73. The molecule has 0 radical (unpaired) electrons. The minimum Gasteiger partial charge on any atom is -0.506 e. The Hall–Kier alpha value is -0.250. The van der Waals surface area contributed by atoms with Gasteiger partial charge in [-0.05, 0) is 18.6 Å². The van der Waals surface area contributed by atoms with Crippen molar-refractivity contribution in [2.24, 2.45) is 0 Å². The Morgan fingerprint density at radius 2 is 2.17 bits per heavy atom. The zero-order valence-electron chi connectivity index (χ0n) is 6.43. The second kappa shape index (κ2) is 3.64. The van der Waals surface area contributed by atoms with Crippen LogP contribution in [0.5, 0.6) is 5.75 Å². The van der Waals surface area contributed by atoms with Crippen molar-refractivity contribution in [2.45, 2.75) is 13.5 Å². The van der Waals surface area contributed by atoms with Gasteiger partial charge in [-0.1, -0.05) is 27.5 Å². The first-order chi connectivity index (χ1) is 5.57. The van der Waals surface area contributed by atoms with Crippen LogP contribution in [0.3, 0.4) is 0 Å². The third-order valence-corrected chi connectivity index (χ3v) is 2.85. The largest absolute Gasteiger partial charge is 0.506 e. The van der Waals surface area contributed by atoms with Gasteiger partial charge in [0.25, 0.3) is 0 Å². The summed E-state index contributed by atoms with van der Waals surface area (Å²) in [6.45, 7) is 1.59. The van der Waals surface area contributed by atoms with E-state index in [-0.39, 0.29) is 17.4 Å². The van der Waals surface area contributed by atoms with Gasteiger partial charge >= 0.3 is 0 Å². The Kier molecular flexibility index (Phi) is 2.99. The molecule has 0 fully saturated rings. The lowest BCUT2D eigenvalue weighted by atomic mass is 10.1. The molecule has 0 aliphatic carbocycles. The predicted octanol–water partition coefficient (Wildman–Crippen LogP) is 2.61. The van der Waals surface area contributed by atoms with Crippen LogP contribution in [0.4, 0.5) is 0 Å². The SMILES string of the molecule is Cc1c(Br)cc(Cl)c(O)c1CO. The molecule has 0 atom stereocenters. The van der Waals surface area contributed by atoms with Crippen LogP contribution in [-0.2, 0) is 6.61 Å². The highest BCUT2D eigenvalue weighted by Gasteiger charge is 2.10. The van der Waals surface area contributed by atoms with Crippen molar-refractivity contribution < 1.29 is 10.2 Å². The number of hydrogen-bond donors (Lipinski definition) is 2. The Labute approximate surface area is 83.9 Å². The van der Waals surface area contributed by atoms with Crippen LogP contribution in [0.25, 0.3) is 0 Å². The van der Waals surface area contributed by atoms with E-state index in [0.717, 1.165) is 10.0 Å². The molecule has 2 N–H and O–H groups in total. The standard InChI is InChI=1S/C8H8BrClO2/c1-4-5(3-11)8(12)7(10)2-6(4)9/h2,11-12H,3H2,1H3. The molecule has 0 amide bonds. The molecule has 0 unspecified atom stereocenters. The summed E-state index contributed by atoms with van der Waals surface area (Å²) in [5, 5.41) is 18.5. The molecule has 1 aromatic rings. The zero-order valence-corrected chi connectivity index (χ0v) is 8.78.